The van der Waals surface area contributed by atoms with Gasteiger partial charge in [-0.2, -0.15) is 0 Å². The molecule has 0 aliphatic heterocycles. The summed E-state index contributed by atoms with van der Waals surface area (Å²) >= 11 is 0. The van der Waals surface area contributed by atoms with Crippen LogP contribution in [-0.4, -0.2) is 29.5 Å². The van der Waals surface area contributed by atoms with Crippen molar-refractivity contribution in [3.05, 3.63) is 119 Å². The summed E-state index contributed by atoms with van der Waals surface area (Å²) in [6.45, 7) is 1.75. The van der Waals surface area contributed by atoms with Crippen molar-refractivity contribution in [3.8, 4) is 11.8 Å². The van der Waals surface area contributed by atoms with E-state index in [-0.39, 0.29) is 10.6 Å². The highest BCUT2D eigenvalue weighted by Crippen LogP contribution is 2.27. The van der Waals surface area contributed by atoms with E-state index in [0.29, 0.717) is 38.5 Å². The molecule has 0 spiro atoms. The predicted octanol–water partition coefficient (Wildman–Crippen LogP) is 5.63. The van der Waals surface area contributed by atoms with Gasteiger partial charge in [0.2, 0.25) is 9.84 Å². The minimum absolute atomic E-state index is 0.0343. The van der Waals surface area contributed by atoms with Gasteiger partial charge in [-0.15, -0.1) is 0 Å². The summed E-state index contributed by atoms with van der Waals surface area (Å²) < 4.78 is 26.7. The lowest BCUT2D eigenvalue weighted by atomic mass is 10.0. The Kier molecular flexibility index (Phi) is 6.26. The third-order valence-electron chi connectivity index (χ3n) is 5.93. The standard InChI is InChI=1S/C30H20N2O4S/c1-20-12-13-23-9-6-17-31-27(23)29(20)37(35,36)18-16-22-8-3-2-7-21(22)14-15-24-19-32-28(30(33)34)26-11-5-4-10-25(24)26/h2-13,16-19H,1H3,(H,33,34)/b18-16+. The Morgan fingerprint density at radius 1 is 0.865 bits per heavy atom. The van der Waals surface area contributed by atoms with Gasteiger partial charge in [-0.3, -0.25) is 4.98 Å². The Labute approximate surface area is 213 Å². The molecule has 0 aliphatic rings. The zero-order valence-electron chi connectivity index (χ0n) is 19.7. The Balaban J connectivity index is 1.55. The number of nitrogens with zero attached hydrogens (tertiary/aromatic N) is 2. The van der Waals surface area contributed by atoms with Crippen LogP contribution >= 0.6 is 0 Å². The van der Waals surface area contributed by atoms with Gasteiger partial charge in [0, 0.05) is 39.5 Å². The number of rotatable bonds is 4. The number of aromatic carboxylic acids is 1. The van der Waals surface area contributed by atoms with Crippen LogP contribution in [0.3, 0.4) is 0 Å². The van der Waals surface area contributed by atoms with Crippen molar-refractivity contribution in [2.45, 2.75) is 11.8 Å². The van der Waals surface area contributed by atoms with Crippen LogP contribution in [-0.2, 0) is 9.84 Å². The lowest BCUT2D eigenvalue weighted by Crippen LogP contribution is -2.02. The molecule has 3 aromatic carbocycles. The number of sulfone groups is 1. The Morgan fingerprint density at radius 3 is 2.41 bits per heavy atom. The maximum atomic E-state index is 13.3. The van der Waals surface area contributed by atoms with Crippen molar-refractivity contribution in [2.24, 2.45) is 0 Å². The van der Waals surface area contributed by atoms with E-state index in [4.69, 9.17) is 0 Å². The molecule has 0 fully saturated rings. The van der Waals surface area contributed by atoms with Gasteiger partial charge in [-0.25, -0.2) is 18.2 Å². The fourth-order valence-corrected chi connectivity index (χ4v) is 5.58. The summed E-state index contributed by atoms with van der Waals surface area (Å²) in [5, 5.41) is 12.6. The number of carboxylic acids is 1. The minimum Gasteiger partial charge on any atom is -0.476 e. The largest absolute Gasteiger partial charge is 0.476 e. The van der Waals surface area contributed by atoms with E-state index >= 15 is 0 Å². The molecule has 180 valence electrons. The average Bonchev–Trinajstić information content (AvgIpc) is 2.90. The van der Waals surface area contributed by atoms with Crippen LogP contribution < -0.4 is 0 Å². The van der Waals surface area contributed by atoms with E-state index in [9.17, 15) is 18.3 Å². The molecule has 0 atom stereocenters. The molecule has 0 saturated heterocycles. The Bertz CT molecular complexity index is 1900. The smallest absolute Gasteiger partial charge is 0.355 e. The molecule has 0 saturated carbocycles. The quantitative estimate of drug-likeness (QED) is 0.319. The molecule has 2 aromatic heterocycles. The fraction of sp³-hybridized carbons (Fsp3) is 0.0333. The highest BCUT2D eigenvalue weighted by molar-refractivity contribution is 7.94. The predicted molar refractivity (Wildman–Crippen MR) is 144 cm³/mol. The first-order valence-electron chi connectivity index (χ1n) is 11.3. The number of hydrogen-bond donors (Lipinski definition) is 1. The van der Waals surface area contributed by atoms with Crippen LogP contribution in [0.15, 0.2) is 95.5 Å². The second kappa shape index (κ2) is 9.69. The number of pyridine rings is 2. The number of carboxylic acid groups (broad SMARTS) is 1. The van der Waals surface area contributed by atoms with Crippen LogP contribution in [0.2, 0.25) is 0 Å². The van der Waals surface area contributed by atoms with Crippen molar-refractivity contribution in [1.82, 2.24) is 9.97 Å². The SMILES string of the molecule is Cc1ccc2cccnc2c1S(=O)(=O)/C=C/c1ccccc1C#Cc1cnc(C(=O)O)c2ccccc12. The second-order valence-electron chi connectivity index (χ2n) is 8.34. The number of carbonyl (C=O) groups is 1. The second-order valence-corrected chi connectivity index (χ2v) is 10.1. The van der Waals surface area contributed by atoms with Gasteiger partial charge in [-0.1, -0.05) is 72.5 Å². The molecule has 0 bridgehead atoms. The number of hydrogen-bond acceptors (Lipinski definition) is 5. The topological polar surface area (TPSA) is 97.2 Å². The summed E-state index contributed by atoms with van der Waals surface area (Å²) in [7, 11) is -3.80. The van der Waals surface area contributed by atoms with E-state index in [1.165, 1.54) is 17.7 Å². The molecule has 0 aliphatic carbocycles. The van der Waals surface area contributed by atoms with Crippen LogP contribution in [0.5, 0.6) is 0 Å². The van der Waals surface area contributed by atoms with Crippen LogP contribution in [0, 0.1) is 18.8 Å². The first-order valence-corrected chi connectivity index (χ1v) is 12.9. The van der Waals surface area contributed by atoms with Crippen molar-refractivity contribution in [1.29, 1.82) is 0 Å². The summed E-state index contributed by atoms with van der Waals surface area (Å²) in [5.74, 6) is 5.06. The third kappa shape index (κ3) is 4.70. The molecule has 0 unspecified atom stereocenters. The average molecular weight is 505 g/mol. The minimum atomic E-state index is -3.80. The summed E-state index contributed by atoms with van der Waals surface area (Å²) in [5.41, 5.74) is 2.84. The lowest BCUT2D eigenvalue weighted by Gasteiger charge is -2.08. The van der Waals surface area contributed by atoms with Gasteiger partial charge in [0.1, 0.15) is 4.90 Å². The number of benzene rings is 3. The van der Waals surface area contributed by atoms with Gasteiger partial charge in [0.15, 0.2) is 5.69 Å². The molecule has 5 rings (SSSR count). The molecule has 0 amide bonds. The van der Waals surface area contributed by atoms with Gasteiger partial charge < -0.3 is 5.11 Å². The van der Waals surface area contributed by atoms with Crippen LogP contribution in [0.1, 0.15) is 32.7 Å². The summed E-state index contributed by atoms with van der Waals surface area (Å²) in [6.07, 6.45) is 4.55. The van der Waals surface area contributed by atoms with Gasteiger partial charge >= 0.3 is 5.97 Å². The monoisotopic (exact) mass is 504 g/mol. The highest BCUT2D eigenvalue weighted by atomic mass is 32.2. The number of aryl methyl sites for hydroxylation is 1. The lowest BCUT2D eigenvalue weighted by molar-refractivity contribution is 0.0693. The van der Waals surface area contributed by atoms with E-state index in [0.717, 1.165) is 5.39 Å². The summed E-state index contributed by atoms with van der Waals surface area (Å²) in [4.78, 5) is 20.1. The molecule has 6 nitrogen and oxygen atoms in total. The number of aromatic nitrogens is 2. The zero-order chi connectivity index (χ0) is 26.0. The molecule has 7 heteroatoms. The zero-order valence-corrected chi connectivity index (χ0v) is 20.5. The van der Waals surface area contributed by atoms with E-state index in [2.05, 4.69) is 21.8 Å². The van der Waals surface area contributed by atoms with Crippen LogP contribution in [0.25, 0.3) is 27.8 Å². The summed E-state index contributed by atoms with van der Waals surface area (Å²) in [6, 6.07) is 21.5. The molecule has 2 heterocycles. The van der Waals surface area contributed by atoms with Gasteiger partial charge in [-0.05, 0) is 36.3 Å². The van der Waals surface area contributed by atoms with Crippen molar-refractivity contribution in [3.63, 3.8) is 0 Å². The van der Waals surface area contributed by atoms with Gasteiger partial charge in [0.25, 0.3) is 0 Å². The third-order valence-corrected chi connectivity index (χ3v) is 7.51. The first kappa shape index (κ1) is 23.9. The maximum absolute atomic E-state index is 13.3. The first-order chi connectivity index (χ1) is 17.8. The Hall–Kier alpha value is -4.80. The maximum Gasteiger partial charge on any atom is 0.355 e. The van der Waals surface area contributed by atoms with Gasteiger partial charge in [0.05, 0.1) is 11.1 Å². The molecule has 1 N–H and O–H groups in total. The molecular formula is C30H20N2O4S. The van der Waals surface area contributed by atoms with Crippen molar-refractivity contribution in [2.75, 3.05) is 0 Å². The molecule has 37 heavy (non-hydrogen) atoms. The van der Waals surface area contributed by atoms with Crippen molar-refractivity contribution >= 4 is 43.6 Å². The van der Waals surface area contributed by atoms with Crippen molar-refractivity contribution < 1.29 is 18.3 Å². The number of fused-ring (bicyclic) bond motifs is 2. The highest BCUT2D eigenvalue weighted by Gasteiger charge is 2.18. The normalized spacial score (nSPS) is 11.5. The molecule has 5 aromatic rings. The molecule has 0 radical (unpaired) electrons. The van der Waals surface area contributed by atoms with Crippen LogP contribution in [0.4, 0.5) is 0 Å². The van der Waals surface area contributed by atoms with E-state index in [1.54, 1.807) is 61.7 Å². The Morgan fingerprint density at radius 2 is 1.59 bits per heavy atom. The fourth-order valence-electron chi connectivity index (χ4n) is 4.16. The molecular weight excluding hydrogens is 484 g/mol. The van der Waals surface area contributed by atoms with E-state index < -0.39 is 15.8 Å². The van der Waals surface area contributed by atoms with E-state index in [1.807, 2.05) is 24.3 Å².